The monoisotopic (exact) mass is 392 g/mol. The molecule has 10 nitrogen and oxygen atoms in total. The van der Waals surface area contributed by atoms with Crippen LogP contribution in [-0.2, 0) is 21.4 Å². The highest BCUT2D eigenvalue weighted by atomic mass is 32.2. The van der Waals surface area contributed by atoms with Crippen LogP contribution in [0.5, 0.6) is 0 Å². The van der Waals surface area contributed by atoms with Crippen molar-refractivity contribution < 1.29 is 27.9 Å². The van der Waals surface area contributed by atoms with Gasteiger partial charge in [0.15, 0.2) is 5.82 Å². The van der Waals surface area contributed by atoms with Gasteiger partial charge in [-0.3, -0.25) is 19.1 Å². The zero-order valence-electron chi connectivity index (χ0n) is 14.4. The molecule has 0 aliphatic carbocycles. The first-order valence-corrected chi connectivity index (χ1v) is 9.34. The van der Waals surface area contributed by atoms with Crippen molar-refractivity contribution in [1.82, 2.24) is 14.1 Å². The Morgan fingerprint density at radius 1 is 1.26 bits per heavy atom. The van der Waals surface area contributed by atoms with E-state index in [1.807, 2.05) is 0 Å². The number of aliphatic carboxylic acids is 1. The van der Waals surface area contributed by atoms with Crippen LogP contribution in [0, 0.1) is 0 Å². The molecule has 27 heavy (non-hydrogen) atoms. The van der Waals surface area contributed by atoms with E-state index in [2.05, 4.69) is 10.4 Å². The number of amides is 2. The second-order valence-corrected chi connectivity index (χ2v) is 7.94. The van der Waals surface area contributed by atoms with Crippen LogP contribution in [0.2, 0.25) is 0 Å². The maximum Gasteiger partial charge on any atom is 0.325 e. The van der Waals surface area contributed by atoms with Gasteiger partial charge in [0.25, 0.3) is 21.8 Å². The number of aromatic nitrogens is 2. The number of anilines is 1. The van der Waals surface area contributed by atoms with E-state index in [1.54, 1.807) is 13.8 Å². The first kappa shape index (κ1) is 18.6. The van der Waals surface area contributed by atoms with E-state index in [4.69, 9.17) is 5.11 Å². The Bertz CT molecular complexity index is 1060. The molecule has 142 valence electrons. The fourth-order valence-corrected chi connectivity index (χ4v) is 4.54. The summed E-state index contributed by atoms with van der Waals surface area (Å²) in [7, 11) is -4.01. The van der Waals surface area contributed by atoms with Crippen molar-refractivity contribution in [3.63, 3.8) is 0 Å². The van der Waals surface area contributed by atoms with Crippen LogP contribution in [0.4, 0.5) is 5.82 Å². The highest BCUT2D eigenvalue weighted by molar-refractivity contribution is 7.90. The van der Waals surface area contributed by atoms with Gasteiger partial charge in [-0.05, 0) is 32.0 Å². The van der Waals surface area contributed by atoms with E-state index >= 15 is 0 Å². The lowest BCUT2D eigenvalue weighted by atomic mass is 10.1. The summed E-state index contributed by atoms with van der Waals surface area (Å²) in [5.41, 5.74) is 0.0505. The number of fused-ring (bicyclic) bond motifs is 1. The number of nitrogens with one attached hydrogen (secondary N) is 1. The van der Waals surface area contributed by atoms with Gasteiger partial charge in [-0.15, -0.1) is 0 Å². The lowest BCUT2D eigenvalue weighted by Crippen LogP contribution is -2.36. The minimum Gasteiger partial charge on any atom is -0.480 e. The third kappa shape index (κ3) is 3.28. The predicted octanol–water partition coefficient (Wildman–Crippen LogP) is 0.773. The van der Waals surface area contributed by atoms with Crippen LogP contribution in [0.1, 0.15) is 34.6 Å². The number of hydrogen-bond acceptors (Lipinski definition) is 6. The van der Waals surface area contributed by atoms with Crippen LogP contribution >= 0.6 is 0 Å². The number of sulfonamides is 1. The standard InChI is InChI=1S/C16H16N4O6S/c1-9(2)20-16(24)11-4-3-10(7-12(11)27(20,25)26)15(23)17-13-5-6-19(18-13)8-14(21)22/h3-7,9H,8H2,1-2H3,(H,21,22)(H,17,18,23). The van der Waals surface area contributed by atoms with Crippen molar-refractivity contribution in [2.45, 2.75) is 31.3 Å². The average molecular weight is 392 g/mol. The average Bonchev–Trinajstić information content (AvgIpc) is 3.07. The van der Waals surface area contributed by atoms with Crippen molar-refractivity contribution in [3.05, 3.63) is 41.6 Å². The fraction of sp³-hybridized carbons (Fsp3) is 0.250. The zero-order chi connectivity index (χ0) is 19.9. The number of carbonyl (C=O) groups excluding carboxylic acids is 2. The largest absolute Gasteiger partial charge is 0.480 e. The summed E-state index contributed by atoms with van der Waals surface area (Å²) in [5.74, 6) is -2.23. The molecule has 2 heterocycles. The minimum absolute atomic E-state index is 0.0194. The predicted molar refractivity (Wildman–Crippen MR) is 92.7 cm³/mol. The van der Waals surface area contributed by atoms with Gasteiger partial charge < -0.3 is 10.4 Å². The van der Waals surface area contributed by atoms with E-state index in [0.717, 1.165) is 15.1 Å². The molecule has 3 rings (SSSR count). The van der Waals surface area contributed by atoms with Gasteiger partial charge in [0.2, 0.25) is 0 Å². The molecule has 0 saturated carbocycles. The van der Waals surface area contributed by atoms with Gasteiger partial charge >= 0.3 is 5.97 Å². The molecule has 0 fully saturated rings. The molecule has 1 aliphatic heterocycles. The zero-order valence-corrected chi connectivity index (χ0v) is 15.2. The van der Waals surface area contributed by atoms with Gasteiger partial charge in [-0.25, -0.2) is 12.7 Å². The van der Waals surface area contributed by atoms with Gasteiger partial charge in [0, 0.05) is 23.9 Å². The summed E-state index contributed by atoms with van der Waals surface area (Å²) in [6, 6.07) is 4.66. The summed E-state index contributed by atoms with van der Waals surface area (Å²) in [6.07, 6.45) is 1.38. The molecule has 1 aliphatic rings. The lowest BCUT2D eigenvalue weighted by Gasteiger charge is -2.18. The molecule has 2 aromatic rings. The molecule has 1 aromatic carbocycles. The van der Waals surface area contributed by atoms with Crippen LogP contribution in [0.3, 0.4) is 0 Å². The number of carboxylic acid groups (broad SMARTS) is 1. The van der Waals surface area contributed by atoms with Crippen molar-refractivity contribution in [1.29, 1.82) is 0 Å². The Kier molecular flexibility index (Phi) is 4.47. The van der Waals surface area contributed by atoms with Gasteiger partial charge in [0.1, 0.15) is 11.4 Å². The number of rotatable bonds is 5. The topological polar surface area (TPSA) is 139 Å². The van der Waals surface area contributed by atoms with E-state index in [1.165, 1.54) is 24.4 Å². The smallest absolute Gasteiger partial charge is 0.325 e. The SMILES string of the molecule is CC(C)N1C(=O)c2ccc(C(=O)Nc3ccn(CC(=O)O)n3)cc2S1(=O)=O. The van der Waals surface area contributed by atoms with Crippen LogP contribution in [0.25, 0.3) is 0 Å². The molecule has 0 spiro atoms. The summed E-state index contributed by atoms with van der Waals surface area (Å²) in [4.78, 5) is 35.1. The molecular weight excluding hydrogens is 376 g/mol. The third-order valence-electron chi connectivity index (χ3n) is 3.86. The Balaban J connectivity index is 1.87. The molecule has 0 bridgehead atoms. The van der Waals surface area contributed by atoms with E-state index < -0.39 is 33.8 Å². The number of benzene rings is 1. The van der Waals surface area contributed by atoms with Gasteiger partial charge in [-0.1, -0.05) is 0 Å². The maximum absolute atomic E-state index is 12.6. The quantitative estimate of drug-likeness (QED) is 0.766. The summed E-state index contributed by atoms with van der Waals surface area (Å²) >= 11 is 0. The Morgan fingerprint density at radius 2 is 1.96 bits per heavy atom. The van der Waals surface area contributed by atoms with Gasteiger partial charge in [0.05, 0.1) is 5.56 Å². The number of hydrogen-bond donors (Lipinski definition) is 2. The normalized spacial score (nSPS) is 15.1. The van der Waals surface area contributed by atoms with Crippen molar-refractivity contribution in [2.75, 3.05) is 5.32 Å². The highest BCUT2D eigenvalue weighted by Crippen LogP contribution is 2.32. The first-order chi connectivity index (χ1) is 12.6. The molecule has 0 atom stereocenters. The fourth-order valence-electron chi connectivity index (χ4n) is 2.74. The lowest BCUT2D eigenvalue weighted by molar-refractivity contribution is -0.137. The van der Waals surface area contributed by atoms with Crippen LogP contribution < -0.4 is 5.32 Å². The second-order valence-electron chi connectivity index (χ2n) is 6.16. The summed E-state index contributed by atoms with van der Waals surface area (Å²) < 4.78 is 27.1. The maximum atomic E-state index is 12.6. The third-order valence-corrected chi connectivity index (χ3v) is 5.86. The second kappa shape index (κ2) is 6.50. The van der Waals surface area contributed by atoms with Crippen molar-refractivity contribution >= 4 is 33.6 Å². The van der Waals surface area contributed by atoms with Crippen LogP contribution in [0.15, 0.2) is 35.4 Å². The Hall–Kier alpha value is -3.21. The summed E-state index contributed by atoms with van der Waals surface area (Å²) in [6.45, 7) is 2.81. The number of nitrogens with zero attached hydrogens (tertiary/aromatic N) is 3. The van der Waals surface area contributed by atoms with E-state index in [0.29, 0.717) is 0 Å². The van der Waals surface area contributed by atoms with E-state index in [9.17, 15) is 22.8 Å². The Labute approximate surface area is 154 Å². The minimum atomic E-state index is -4.01. The number of carboxylic acids is 1. The van der Waals surface area contributed by atoms with Crippen molar-refractivity contribution in [2.24, 2.45) is 0 Å². The van der Waals surface area contributed by atoms with Crippen molar-refractivity contribution in [3.8, 4) is 0 Å². The molecule has 1 aromatic heterocycles. The highest BCUT2D eigenvalue weighted by Gasteiger charge is 2.42. The Morgan fingerprint density at radius 3 is 2.59 bits per heavy atom. The molecular formula is C16H16N4O6S. The molecule has 0 unspecified atom stereocenters. The van der Waals surface area contributed by atoms with E-state index in [-0.39, 0.29) is 28.4 Å². The molecule has 2 amide bonds. The molecule has 0 saturated heterocycles. The van der Waals surface area contributed by atoms with Gasteiger partial charge in [-0.2, -0.15) is 5.10 Å². The summed E-state index contributed by atoms with van der Waals surface area (Å²) in [5, 5.41) is 15.1. The molecule has 0 radical (unpaired) electrons. The molecule has 11 heteroatoms. The number of carbonyl (C=O) groups is 3. The van der Waals surface area contributed by atoms with Crippen LogP contribution in [-0.4, -0.2) is 51.4 Å². The molecule has 2 N–H and O–H groups in total. The first-order valence-electron chi connectivity index (χ1n) is 7.90.